The number of amides is 1. The summed E-state index contributed by atoms with van der Waals surface area (Å²) >= 11 is 0. The van der Waals surface area contributed by atoms with Crippen LogP contribution in [-0.2, 0) is 9.53 Å². The highest BCUT2D eigenvalue weighted by atomic mass is 19.1. The molecule has 2 N–H and O–H groups in total. The summed E-state index contributed by atoms with van der Waals surface area (Å²) in [4.78, 5) is 26.1. The largest absolute Gasteiger partial charge is 0.481 e. The predicted molar refractivity (Wildman–Crippen MR) is 99.7 cm³/mol. The number of carbonyl (C=O) groups is 2. The zero-order valence-electron chi connectivity index (χ0n) is 16.3. The number of hydrogen-bond donors (Lipinski definition) is 2. The Hall–Kier alpha value is -2.85. The lowest BCUT2D eigenvalue weighted by atomic mass is 9.81. The van der Waals surface area contributed by atoms with Crippen molar-refractivity contribution in [2.75, 3.05) is 32.8 Å². The molecule has 8 nitrogen and oxygen atoms in total. The van der Waals surface area contributed by atoms with Gasteiger partial charge in [-0.25, -0.2) is 8.78 Å². The van der Waals surface area contributed by atoms with E-state index >= 15 is 0 Å². The minimum absolute atomic E-state index is 0.0296. The van der Waals surface area contributed by atoms with Gasteiger partial charge in [-0.3, -0.25) is 14.5 Å². The molecule has 2 aliphatic rings. The highest BCUT2D eigenvalue weighted by Crippen LogP contribution is 2.33. The van der Waals surface area contributed by atoms with Crippen molar-refractivity contribution in [2.24, 2.45) is 5.41 Å². The number of benzene rings is 1. The summed E-state index contributed by atoms with van der Waals surface area (Å²) in [5.74, 6) is -3.25. The van der Waals surface area contributed by atoms with Crippen molar-refractivity contribution >= 4 is 11.9 Å². The van der Waals surface area contributed by atoms with Gasteiger partial charge in [0.1, 0.15) is 11.6 Å². The van der Waals surface area contributed by atoms with E-state index in [1.165, 1.54) is 12.1 Å². The third kappa shape index (κ3) is 4.05. The number of hydrogen-bond acceptors (Lipinski definition) is 6. The first kappa shape index (κ1) is 20.4. The molecule has 0 radical (unpaired) electrons. The molecule has 3 heterocycles. The maximum atomic E-state index is 13.9. The van der Waals surface area contributed by atoms with Crippen LogP contribution in [0.4, 0.5) is 8.78 Å². The molecule has 10 heteroatoms. The van der Waals surface area contributed by atoms with E-state index in [2.05, 4.69) is 22.3 Å². The molecule has 0 aliphatic carbocycles. The number of nitrogens with zero attached hydrogens (tertiary/aromatic N) is 2. The van der Waals surface area contributed by atoms with Crippen LogP contribution in [0.5, 0.6) is 0 Å². The summed E-state index contributed by atoms with van der Waals surface area (Å²) in [5, 5.41) is 15.7. The highest BCUT2D eigenvalue weighted by molar-refractivity contribution is 5.94. The molecule has 30 heavy (non-hydrogen) atoms. The Bertz CT molecular complexity index is 983. The summed E-state index contributed by atoms with van der Waals surface area (Å²) in [6, 6.07) is 4.20. The topological polar surface area (TPSA) is 105 Å². The van der Waals surface area contributed by atoms with Crippen molar-refractivity contribution in [3.05, 3.63) is 41.6 Å². The summed E-state index contributed by atoms with van der Waals surface area (Å²) in [7, 11) is 0. The molecule has 2 saturated heterocycles. The fourth-order valence-electron chi connectivity index (χ4n) is 4.03. The first-order valence-corrected chi connectivity index (χ1v) is 9.44. The Morgan fingerprint density at radius 1 is 1.27 bits per heavy atom. The Kier molecular flexibility index (Phi) is 5.07. The van der Waals surface area contributed by atoms with Gasteiger partial charge in [0.25, 0.3) is 5.91 Å². The average Bonchev–Trinajstić information content (AvgIpc) is 3.08. The number of carboxylic acids is 1. The van der Waals surface area contributed by atoms with E-state index in [0.717, 1.165) is 12.6 Å². The molecule has 2 aromatic rings. The van der Waals surface area contributed by atoms with Crippen LogP contribution in [-0.4, -0.2) is 65.4 Å². The lowest BCUT2D eigenvalue weighted by Gasteiger charge is -2.53. The smallest absolute Gasteiger partial charge is 0.305 e. The summed E-state index contributed by atoms with van der Waals surface area (Å²) in [6.45, 7) is 4.93. The maximum Gasteiger partial charge on any atom is 0.305 e. The zero-order valence-corrected chi connectivity index (χ0v) is 16.3. The first-order valence-electron chi connectivity index (χ1n) is 9.44. The second-order valence-electron chi connectivity index (χ2n) is 8.45. The Balaban J connectivity index is 1.44. The van der Waals surface area contributed by atoms with E-state index in [1.807, 2.05) is 0 Å². The molecule has 0 bridgehead atoms. The van der Waals surface area contributed by atoms with E-state index in [4.69, 9.17) is 9.26 Å². The number of nitrogens with one attached hydrogen (secondary N) is 1. The molecular formula is C20H21F2N3O5. The maximum absolute atomic E-state index is 13.9. The summed E-state index contributed by atoms with van der Waals surface area (Å²) < 4.78 is 37.3. The lowest BCUT2D eigenvalue weighted by Crippen LogP contribution is -2.72. The summed E-state index contributed by atoms with van der Waals surface area (Å²) in [5.41, 5.74) is -1.03. The van der Waals surface area contributed by atoms with E-state index in [-0.39, 0.29) is 28.9 Å². The van der Waals surface area contributed by atoms with Crippen LogP contribution < -0.4 is 5.32 Å². The van der Waals surface area contributed by atoms with E-state index in [9.17, 15) is 23.5 Å². The summed E-state index contributed by atoms with van der Waals surface area (Å²) in [6.07, 6.45) is -0.236. The second-order valence-corrected chi connectivity index (χ2v) is 8.45. The molecule has 1 amide bonds. The van der Waals surface area contributed by atoms with Gasteiger partial charge in [-0.2, -0.15) is 0 Å². The van der Waals surface area contributed by atoms with Crippen LogP contribution in [0.1, 0.15) is 23.8 Å². The van der Waals surface area contributed by atoms with E-state index in [0.29, 0.717) is 32.4 Å². The van der Waals surface area contributed by atoms with Gasteiger partial charge in [-0.15, -0.1) is 0 Å². The van der Waals surface area contributed by atoms with Crippen molar-refractivity contribution in [3.8, 4) is 11.3 Å². The number of likely N-dealkylation sites (tertiary alicyclic amines) is 1. The SMILES string of the molecule is CC1(CN2CC(CC(=O)O)(NC(=O)c3cc(-c4ccc(F)cc4F)on3)C2)COC1. The van der Waals surface area contributed by atoms with Crippen molar-refractivity contribution in [2.45, 2.75) is 18.9 Å². The van der Waals surface area contributed by atoms with Gasteiger partial charge in [0, 0.05) is 37.2 Å². The van der Waals surface area contributed by atoms with Crippen molar-refractivity contribution in [1.82, 2.24) is 15.4 Å². The van der Waals surface area contributed by atoms with Crippen molar-refractivity contribution in [1.29, 1.82) is 0 Å². The van der Waals surface area contributed by atoms with Gasteiger partial charge in [-0.1, -0.05) is 12.1 Å². The quantitative estimate of drug-likeness (QED) is 0.704. The number of aliphatic carboxylic acids is 1. The number of halogens is 2. The molecule has 0 spiro atoms. The minimum atomic E-state index is -1.03. The predicted octanol–water partition coefficient (Wildman–Crippen LogP) is 1.92. The van der Waals surface area contributed by atoms with Gasteiger partial charge < -0.3 is 19.7 Å². The molecule has 0 saturated carbocycles. The fourth-order valence-corrected chi connectivity index (χ4v) is 4.03. The molecule has 2 fully saturated rings. The normalized spacial score (nSPS) is 19.6. The van der Waals surface area contributed by atoms with Crippen molar-refractivity contribution in [3.63, 3.8) is 0 Å². The van der Waals surface area contributed by atoms with Crippen LogP contribution in [0.15, 0.2) is 28.8 Å². The second kappa shape index (κ2) is 7.44. The van der Waals surface area contributed by atoms with Gasteiger partial charge in [0.2, 0.25) is 0 Å². The molecule has 1 aromatic heterocycles. The van der Waals surface area contributed by atoms with Gasteiger partial charge in [0.05, 0.1) is 30.7 Å². The number of ether oxygens (including phenoxy) is 1. The molecule has 4 rings (SSSR count). The van der Waals surface area contributed by atoms with Crippen LogP contribution in [0.3, 0.4) is 0 Å². The average molecular weight is 421 g/mol. The monoisotopic (exact) mass is 421 g/mol. The van der Waals surface area contributed by atoms with E-state index < -0.39 is 29.0 Å². The van der Waals surface area contributed by atoms with Gasteiger partial charge in [-0.05, 0) is 12.1 Å². The fraction of sp³-hybridized carbons (Fsp3) is 0.450. The molecule has 0 atom stereocenters. The number of rotatable bonds is 7. The molecule has 0 unspecified atom stereocenters. The minimum Gasteiger partial charge on any atom is -0.481 e. The number of carboxylic acid groups (broad SMARTS) is 1. The molecule has 2 aliphatic heterocycles. The lowest BCUT2D eigenvalue weighted by molar-refractivity contribution is -0.145. The van der Waals surface area contributed by atoms with Crippen LogP contribution in [0.2, 0.25) is 0 Å². The molecular weight excluding hydrogens is 400 g/mol. The standard InChI is InChI=1S/C20H21F2N3O5/c1-19(10-29-11-19)7-25-8-20(9-25,6-17(26)27)23-18(28)15-5-16(30-24-15)13-3-2-12(21)4-14(13)22/h2-5H,6-11H2,1H3,(H,23,28)(H,26,27). The third-order valence-electron chi connectivity index (χ3n) is 5.37. The number of aromatic nitrogens is 1. The van der Waals surface area contributed by atoms with Gasteiger partial charge in [0.15, 0.2) is 11.5 Å². The van der Waals surface area contributed by atoms with Crippen molar-refractivity contribution < 1.29 is 32.7 Å². The van der Waals surface area contributed by atoms with Crippen LogP contribution in [0, 0.1) is 17.0 Å². The number of carbonyl (C=O) groups excluding carboxylic acids is 1. The zero-order chi connectivity index (χ0) is 21.5. The van der Waals surface area contributed by atoms with Crippen LogP contribution >= 0.6 is 0 Å². The van der Waals surface area contributed by atoms with Crippen LogP contribution in [0.25, 0.3) is 11.3 Å². The third-order valence-corrected chi connectivity index (χ3v) is 5.37. The first-order chi connectivity index (χ1) is 14.2. The van der Waals surface area contributed by atoms with Gasteiger partial charge >= 0.3 is 5.97 Å². The Labute approximate surface area is 170 Å². The highest BCUT2D eigenvalue weighted by Gasteiger charge is 2.49. The molecule has 160 valence electrons. The Morgan fingerprint density at radius 3 is 2.60 bits per heavy atom. The Morgan fingerprint density at radius 2 is 2.00 bits per heavy atom. The van der Waals surface area contributed by atoms with E-state index in [1.54, 1.807) is 0 Å². The molecule has 1 aromatic carbocycles.